The Morgan fingerprint density at radius 1 is 1.44 bits per heavy atom. The van der Waals surface area contributed by atoms with Crippen LogP contribution in [-0.4, -0.2) is 49.7 Å². The van der Waals surface area contributed by atoms with Gasteiger partial charge in [0.1, 0.15) is 18.3 Å². The van der Waals surface area contributed by atoms with Crippen LogP contribution >= 0.6 is 0 Å². The summed E-state index contributed by atoms with van der Waals surface area (Å²) in [6.07, 6.45) is -1.54. The molecule has 2 aliphatic rings. The van der Waals surface area contributed by atoms with Gasteiger partial charge < -0.3 is 24.3 Å². The number of fused-ring (bicyclic) bond motifs is 1. The maximum atomic E-state index is 11.7. The molecule has 3 rings (SSSR count). The fourth-order valence-electron chi connectivity index (χ4n) is 3.28. The highest BCUT2D eigenvalue weighted by Crippen LogP contribution is 2.35. The van der Waals surface area contributed by atoms with Gasteiger partial charge in [0.25, 0.3) is 0 Å². The molecule has 1 amide bonds. The molecule has 0 bridgehead atoms. The van der Waals surface area contributed by atoms with Crippen LogP contribution in [0, 0.1) is 0 Å². The van der Waals surface area contributed by atoms with Crippen LogP contribution in [-0.2, 0) is 23.7 Å². The van der Waals surface area contributed by atoms with Crippen LogP contribution in [0.5, 0.6) is 0 Å². The maximum Gasteiger partial charge on any atom is 0.217 e. The fraction of sp³-hybridized carbons (Fsp3) is 0.500. The van der Waals surface area contributed by atoms with Gasteiger partial charge in [-0.15, -0.1) is 6.58 Å². The van der Waals surface area contributed by atoms with Crippen molar-refractivity contribution in [2.75, 3.05) is 13.2 Å². The van der Waals surface area contributed by atoms with Crippen LogP contribution in [0.4, 0.5) is 0 Å². The second-order valence-corrected chi connectivity index (χ2v) is 6.26. The highest BCUT2D eigenvalue weighted by atomic mass is 16.7. The average molecular weight is 374 g/mol. The van der Waals surface area contributed by atoms with Gasteiger partial charge in [-0.05, 0) is 5.53 Å². The van der Waals surface area contributed by atoms with Gasteiger partial charge in [0.05, 0.1) is 19.3 Å². The van der Waals surface area contributed by atoms with E-state index in [4.69, 9.17) is 24.5 Å². The largest absolute Gasteiger partial charge is 0.369 e. The molecule has 1 aromatic carbocycles. The number of carbonyl (C=O) groups is 1. The van der Waals surface area contributed by atoms with E-state index in [0.29, 0.717) is 0 Å². The summed E-state index contributed by atoms with van der Waals surface area (Å²) in [4.78, 5) is 14.5. The Bertz CT molecular complexity index is 709. The van der Waals surface area contributed by atoms with E-state index < -0.39 is 36.9 Å². The molecule has 0 spiro atoms. The number of ether oxygens (including phenoxy) is 4. The van der Waals surface area contributed by atoms with Crippen molar-refractivity contribution in [1.29, 1.82) is 0 Å². The summed E-state index contributed by atoms with van der Waals surface area (Å²) >= 11 is 0. The molecule has 1 unspecified atom stereocenters. The molecule has 144 valence electrons. The number of amides is 1. The molecule has 9 heteroatoms. The van der Waals surface area contributed by atoms with Crippen molar-refractivity contribution in [3.63, 3.8) is 0 Å². The Hall–Kier alpha value is -2.42. The van der Waals surface area contributed by atoms with Crippen molar-refractivity contribution < 1.29 is 23.7 Å². The first-order valence-corrected chi connectivity index (χ1v) is 8.65. The minimum Gasteiger partial charge on any atom is -0.369 e. The van der Waals surface area contributed by atoms with E-state index in [9.17, 15) is 4.79 Å². The first-order valence-electron chi connectivity index (χ1n) is 8.65. The van der Waals surface area contributed by atoms with Crippen molar-refractivity contribution >= 4 is 5.91 Å². The molecule has 0 aromatic heterocycles. The summed E-state index contributed by atoms with van der Waals surface area (Å²) in [5.74, 6) is -0.293. The number of hydrogen-bond donors (Lipinski definition) is 1. The molecule has 0 radical (unpaired) electrons. The van der Waals surface area contributed by atoms with Crippen LogP contribution in [0.25, 0.3) is 10.4 Å². The second kappa shape index (κ2) is 8.98. The van der Waals surface area contributed by atoms with Crippen molar-refractivity contribution in [2.24, 2.45) is 5.11 Å². The van der Waals surface area contributed by atoms with Crippen molar-refractivity contribution in [3.05, 3.63) is 59.0 Å². The van der Waals surface area contributed by atoms with Crippen LogP contribution < -0.4 is 5.32 Å². The van der Waals surface area contributed by atoms with E-state index in [0.717, 1.165) is 5.56 Å². The summed E-state index contributed by atoms with van der Waals surface area (Å²) in [6.45, 7) is 5.52. The Kier molecular flexibility index (Phi) is 6.44. The summed E-state index contributed by atoms with van der Waals surface area (Å²) in [7, 11) is 0. The van der Waals surface area contributed by atoms with Crippen molar-refractivity contribution in [2.45, 2.75) is 43.8 Å². The molecule has 0 aliphatic carbocycles. The first-order chi connectivity index (χ1) is 13.1. The number of hydrogen-bond acceptors (Lipinski definition) is 6. The molecule has 1 aromatic rings. The first kappa shape index (κ1) is 19.3. The Balaban J connectivity index is 1.87. The van der Waals surface area contributed by atoms with Crippen LogP contribution in [0.1, 0.15) is 18.8 Å². The van der Waals surface area contributed by atoms with E-state index in [1.165, 1.54) is 6.92 Å². The highest BCUT2D eigenvalue weighted by Gasteiger charge is 2.50. The molecule has 0 saturated carbocycles. The lowest BCUT2D eigenvalue weighted by atomic mass is 9.94. The smallest absolute Gasteiger partial charge is 0.217 e. The molecule has 27 heavy (non-hydrogen) atoms. The Morgan fingerprint density at radius 3 is 2.89 bits per heavy atom. The summed E-state index contributed by atoms with van der Waals surface area (Å²) < 4.78 is 23.7. The number of benzene rings is 1. The number of nitrogens with zero attached hydrogens (tertiary/aromatic N) is 3. The molecule has 1 N–H and O–H groups in total. The molecule has 2 fully saturated rings. The zero-order valence-corrected chi connectivity index (χ0v) is 14.9. The molecule has 6 atom stereocenters. The predicted octanol–water partition coefficient (Wildman–Crippen LogP) is 2.21. The molecular weight excluding hydrogens is 352 g/mol. The summed E-state index contributed by atoms with van der Waals surface area (Å²) in [6, 6.07) is 8.81. The third-order valence-corrected chi connectivity index (χ3v) is 4.37. The number of rotatable bonds is 6. The molecule has 2 heterocycles. The SMILES string of the molecule is C=CCO[C@@H]1[C@H](NC(C)=O)[C@H](N=[N+]=[N-])O[C@H]2COC(c3ccccc3)O[C@@H]12. The second-order valence-electron chi connectivity index (χ2n) is 6.26. The van der Waals surface area contributed by atoms with Crippen LogP contribution in [0.15, 0.2) is 48.1 Å². The van der Waals surface area contributed by atoms with Gasteiger partial charge in [0.2, 0.25) is 5.91 Å². The topological polar surface area (TPSA) is 115 Å². The van der Waals surface area contributed by atoms with E-state index in [-0.39, 0.29) is 19.1 Å². The minimum atomic E-state index is -0.935. The van der Waals surface area contributed by atoms with Gasteiger partial charge in [-0.1, -0.05) is 41.5 Å². The third-order valence-electron chi connectivity index (χ3n) is 4.37. The van der Waals surface area contributed by atoms with E-state index >= 15 is 0 Å². The predicted molar refractivity (Wildman–Crippen MR) is 95.4 cm³/mol. The normalized spacial score (nSPS) is 32.6. The Labute approximate surface area is 156 Å². The lowest BCUT2D eigenvalue weighted by Gasteiger charge is -2.48. The maximum absolute atomic E-state index is 11.7. The number of azide groups is 1. The van der Waals surface area contributed by atoms with E-state index in [1.54, 1.807) is 6.08 Å². The quantitative estimate of drug-likeness (QED) is 0.355. The van der Waals surface area contributed by atoms with Crippen LogP contribution in [0.3, 0.4) is 0 Å². The molecule has 2 aliphatic heterocycles. The fourth-order valence-corrected chi connectivity index (χ4v) is 3.28. The molecular formula is C18H22N4O5. The van der Waals surface area contributed by atoms with Gasteiger partial charge in [0.15, 0.2) is 12.5 Å². The number of carbonyl (C=O) groups excluding carboxylic acids is 1. The van der Waals surface area contributed by atoms with Gasteiger partial charge in [-0.25, -0.2) is 0 Å². The third kappa shape index (κ3) is 4.47. The zero-order chi connectivity index (χ0) is 19.2. The van der Waals surface area contributed by atoms with Crippen molar-refractivity contribution in [1.82, 2.24) is 5.32 Å². The van der Waals surface area contributed by atoms with Gasteiger partial charge in [0, 0.05) is 17.4 Å². The minimum absolute atomic E-state index is 0.239. The zero-order valence-electron chi connectivity index (χ0n) is 14.9. The highest BCUT2D eigenvalue weighted by molar-refractivity contribution is 5.73. The summed E-state index contributed by atoms with van der Waals surface area (Å²) in [5.41, 5.74) is 9.73. The lowest BCUT2D eigenvalue weighted by molar-refractivity contribution is -0.318. The van der Waals surface area contributed by atoms with E-state index in [2.05, 4.69) is 21.9 Å². The monoisotopic (exact) mass is 374 g/mol. The summed E-state index contributed by atoms with van der Waals surface area (Å²) in [5, 5.41) is 6.43. The van der Waals surface area contributed by atoms with Gasteiger partial charge in [-0.2, -0.15) is 0 Å². The van der Waals surface area contributed by atoms with Crippen LogP contribution in [0.2, 0.25) is 0 Å². The average Bonchev–Trinajstić information content (AvgIpc) is 2.68. The van der Waals surface area contributed by atoms with Crippen molar-refractivity contribution in [3.8, 4) is 0 Å². The van der Waals surface area contributed by atoms with Gasteiger partial charge >= 0.3 is 0 Å². The van der Waals surface area contributed by atoms with Gasteiger partial charge in [-0.3, -0.25) is 4.79 Å². The standard InChI is InChI=1S/C18H22N4O5/c1-3-9-24-16-14(20-11(2)23)17(21-22-19)26-13-10-25-18(27-15(13)16)12-7-5-4-6-8-12/h3-8,13-18H,1,9-10H2,2H3,(H,20,23)/t13-,14-,15+,16+,17+,18?/m0/s1. The molecule has 2 saturated heterocycles. The molecule has 9 nitrogen and oxygen atoms in total. The van der Waals surface area contributed by atoms with E-state index in [1.807, 2.05) is 30.3 Å². The Morgan fingerprint density at radius 2 is 2.22 bits per heavy atom. The number of nitrogens with one attached hydrogen (secondary N) is 1. The lowest BCUT2D eigenvalue weighted by Crippen LogP contribution is -2.66.